The second-order valence-electron chi connectivity index (χ2n) is 7.48. The Kier molecular flexibility index (Phi) is 5.85. The third kappa shape index (κ3) is 4.67. The maximum Gasteiger partial charge on any atom is 0.349 e. The molecule has 0 fully saturated rings. The number of hydrogen-bond donors (Lipinski definition) is 0. The summed E-state index contributed by atoms with van der Waals surface area (Å²) < 4.78 is 10.6. The van der Waals surface area contributed by atoms with Gasteiger partial charge in [0.05, 0.1) is 7.11 Å². The number of rotatable bonds is 6. The summed E-state index contributed by atoms with van der Waals surface area (Å²) in [5.74, 6) is 0.381. The van der Waals surface area contributed by atoms with Crippen molar-refractivity contribution in [1.29, 1.82) is 0 Å². The van der Waals surface area contributed by atoms with Gasteiger partial charge in [-0.1, -0.05) is 60.2 Å². The summed E-state index contributed by atoms with van der Waals surface area (Å²) in [6, 6.07) is 24.3. The van der Waals surface area contributed by atoms with E-state index in [1.165, 1.54) is 0 Å². The molecule has 0 bridgehead atoms. The third-order valence-electron chi connectivity index (χ3n) is 5.19. The van der Waals surface area contributed by atoms with Gasteiger partial charge in [-0.15, -0.1) is 0 Å². The first-order valence-corrected chi connectivity index (χ1v) is 10.0. The maximum atomic E-state index is 13.4. The van der Waals surface area contributed by atoms with E-state index in [0.29, 0.717) is 24.1 Å². The standard InChI is InChI=1S/C26H23NO4/c1-18-7-9-19(10-8-18)16-27(17-20-11-13-22(30-2)14-12-20)25(28)23-15-21-5-3-4-6-24(21)31-26(23)29/h3-15H,16-17H2,1-2H3. The summed E-state index contributed by atoms with van der Waals surface area (Å²) in [7, 11) is 1.61. The van der Waals surface area contributed by atoms with Gasteiger partial charge in [0.15, 0.2) is 0 Å². The average molecular weight is 413 g/mol. The van der Waals surface area contributed by atoms with Gasteiger partial charge in [0.25, 0.3) is 5.91 Å². The Morgan fingerprint density at radius 3 is 2.16 bits per heavy atom. The molecule has 0 saturated carbocycles. The van der Waals surface area contributed by atoms with Crippen LogP contribution in [0.25, 0.3) is 11.0 Å². The van der Waals surface area contributed by atoms with E-state index in [4.69, 9.17) is 9.15 Å². The summed E-state index contributed by atoms with van der Waals surface area (Å²) in [4.78, 5) is 27.7. The molecule has 156 valence electrons. The number of carbonyl (C=O) groups is 1. The maximum absolute atomic E-state index is 13.4. The van der Waals surface area contributed by atoms with Crippen molar-refractivity contribution in [2.75, 3.05) is 7.11 Å². The highest BCUT2D eigenvalue weighted by atomic mass is 16.5. The zero-order valence-electron chi connectivity index (χ0n) is 17.5. The van der Waals surface area contributed by atoms with Crippen LogP contribution in [0.3, 0.4) is 0 Å². The second-order valence-corrected chi connectivity index (χ2v) is 7.48. The number of carbonyl (C=O) groups excluding carboxylic acids is 1. The molecule has 3 aromatic carbocycles. The zero-order valence-corrected chi connectivity index (χ0v) is 17.5. The largest absolute Gasteiger partial charge is 0.497 e. The molecule has 0 aliphatic carbocycles. The summed E-state index contributed by atoms with van der Waals surface area (Å²) in [5.41, 5.74) is 2.92. The molecule has 4 aromatic rings. The Labute approximate surface area is 180 Å². The Morgan fingerprint density at radius 1 is 0.903 bits per heavy atom. The molecule has 0 aliphatic rings. The van der Waals surface area contributed by atoms with Gasteiger partial charge in [-0.3, -0.25) is 4.79 Å². The van der Waals surface area contributed by atoms with E-state index in [9.17, 15) is 9.59 Å². The lowest BCUT2D eigenvalue weighted by Gasteiger charge is -2.23. The van der Waals surface area contributed by atoms with E-state index in [-0.39, 0.29) is 11.5 Å². The van der Waals surface area contributed by atoms with Crippen molar-refractivity contribution < 1.29 is 13.9 Å². The van der Waals surface area contributed by atoms with Crippen LogP contribution in [0.4, 0.5) is 0 Å². The van der Waals surface area contributed by atoms with Gasteiger partial charge >= 0.3 is 5.63 Å². The van der Waals surface area contributed by atoms with Crippen LogP contribution in [0.15, 0.2) is 88.1 Å². The van der Waals surface area contributed by atoms with Crippen molar-refractivity contribution in [3.05, 3.63) is 112 Å². The topological polar surface area (TPSA) is 59.8 Å². The van der Waals surface area contributed by atoms with Crippen LogP contribution < -0.4 is 10.4 Å². The van der Waals surface area contributed by atoms with E-state index in [2.05, 4.69) is 0 Å². The normalized spacial score (nSPS) is 10.8. The molecule has 1 amide bonds. The molecule has 4 rings (SSSR count). The molecular formula is C26H23NO4. The first-order chi connectivity index (χ1) is 15.0. The summed E-state index contributed by atoms with van der Waals surface area (Å²) in [5, 5.41) is 0.713. The second kappa shape index (κ2) is 8.88. The van der Waals surface area contributed by atoms with E-state index in [1.807, 2.05) is 67.6 Å². The number of fused-ring (bicyclic) bond motifs is 1. The van der Waals surface area contributed by atoms with Crippen molar-refractivity contribution in [3.8, 4) is 5.75 Å². The van der Waals surface area contributed by atoms with Crippen LogP contribution >= 0.6 is 0 Å². The van der Waals surface area contributed by atoms with Gasteiger partial charge in [-0.25, -0.2) is 4.79 Å². The van der Waals surface area contributed by atoms with Crippen LogP contribution in [0.1, 0.15) is 27.0 Å². The van der Waals surface area contributed by atoms with Crippen molar-refractivity contribution in [2.45, 2.75) is 20.0 Å². The van der Waals surface area contributed by atoms with Crippen LogP contribution in [0.2, 0.25) is 0 Å². The minimum atomic E-state index is -0.632. The lowest BCUT2D eigenvalue weighted by atomic mass is 10.1. The minimum Gasteiger partial charge on any atom is -0.497 e. The number of amides is 1. The predicted molar refractivity (Wildman–Crippen MR) is 120 cm³/mol. The molecule has 5 heteroatoms. The number of methoxy groups -OCH3 is 1. The van der Waals surface area contributed by atoms with E-state index < -0.39 is 5.63 Å². The molecule has 5 nitrogen and oxygen atoms in total. The van der Waals surface area contributed by atoms with Gasteiger partial charge in [0.2, 0.25) is 0 Å². The zero-order chi connectivity index (χ0) is 21.8. The molecule has 0 radical (unpaired) electrons. The van der Waals surface area contributed by atoms with Crippen LogP contribution in [-0.4, -0.2) is 17.9 Å². The Morgan fingerprint density at radius 2 is 1.52 bits per heavy atom. The lowest BCUT2D eigenvalue weighted by Crippen LogP contribution is -2.33. The molecule has 0 saturated heterocycles. The fraction of sp³-hybridized carbons (Fsp3) is 0.154. The molecular weight excluding hydrogens is 390 g/mol. The molecule has 0 N–H and O–H groups in total. The number of hydrogen-bond acceptors (Lipinski definition) is 4. The summed E-state index contributed by atoms with van der Waals surface area (Å²) in [6.07, 6.45) is 0. The molecule has 31 heavy (non-hydrogen) atoms. The number of nitrogens with zero attached hydrogens (tertiary/aromatic N) is 1. The minimum absolute atomic E-state index is 0.0272. The van der Waals surface area contributed by atoms with Crippen molar-refractivity contribution in [1.82, 2.24) is 4.90 Å². The quantitative estimate of drug-likeness (QED) is 0.420. The molecule has 1 heterocycles. The van der Waals surface area contributed by atoms with Gasteiger partial charge in [-0.2, -0.15) is 0 Å². The van der Waals surface area contributed by atoms with Crippen LogP contribution in [-0.2, 0) is 13.1 Å². The molecule has 0 spiro atoms. The molecule has 0 aliphatic heterocycles. The Balaban J connectivity index is 1.69. The third-order valence-corrected chi connectivity index (χ3v) is 5.19. The highest BCUT2D eigenvalue weighted by molar-refractivity contribution is 5.96. The highest BCUT2D eigenvalue weighted by Crippen LogP contribution is 2.19. The number of aryl methyl sites for hydroxylation is 1. The Bertz CT molecular complexity index is 1260. The van der Waals surface area contributed by atoms with Crippen molar-refractivity contribution in [2.24, 2.45) is 0 Å². The fourth-order valence-corrected chi connectivity index (χ4v) is 3.45. The first-order valence-electron chi connectivity index (χ1n) is 10.0. The van der Waals surface area contributed by atoms with Crippen LogP contribution in [0.5, 0.6) is 5.75 Å². The molecule has 1 aromatic heterocycles. The monoisotopic (exact) mass is 413 g/mol. The predicted octanol–water partition coefficient (Wildman–Crippen LogP) is 4.95. The average Bonchev–Trinajstić information content (AvgIpc) is 2.79. The van der Waals surface area contributed by atoms with E-state index in [0.717, 1.165) is 22.4 Å². The van der Waals surface area contributed by atoms with Crippen molar-refractivity contribution >= 4 is 16.9 Å². The summed E-state index contributed by atoms with van der Waals surface area (Å²) in [6.45, 7) is 2.74. The molecule has 0 unspecified atom stereocenters. The van der Waals surface area contributed by atoms with E-state index in [1.54, 1.807) is 30.2 Å². The van der Waals surface area contributed by atoms with Gasteiger partial charge in [0, 0.05) is 18.5 Å². The molecule has 0 atom stereocenters. The SMILES string of the molecule is COc1ccc(CN(Cc2ccc(C)cc2)C(=O)c2cc3ccccc3oc2=O)cc1. The van der Waals surface area contributed by atoms with Gasteiger partial charge in [0.1, 0.15) is 16.9 Å². The van der Waals surface area contributed by atoms with Gasteiger partial charge < -0.3 is 14.1 Å². The van der Waals surface area contributed by atoms with Gasteiger partial charge in [-0.05, 0) is 42.3 Å². The Hall–Kier alpha value is -3.86. The first kappa shape index (κ1) is 20.4. The summed E-state index contributed by atoms with van der Waals surface area (Å²) >= 11 is 0. The van der Waals surface area contributed by atoms with Crippen molar-refractivity contribution in [3.63, 3.8) is 0 Å². The number of para-hydroxylation sites is 1. The van der Waals surface area contributed by atoms with E-state index >= 15 is 0 Å². The van der Waals surface area contributed by atoms with Crippen LogP contribution in [0, 0.1) is 6.92 Å². The highest BCUT2D eigenvalue weighted by Gasteiger charge is 2.21. The fourth-order valence-electron chi connectivity index (χ4n) is 3.45. The number of benzene rings is 3. The number of ether oxygens (including phenoxy) is 1. The smallest absolute Gasteiger partial charge is 0.349 e. The lowest BCUT2D eigenvalue weighted by molar-refractivity contribution is 0.0726.